The lowest BCUT2D eigenvalue weighted by atomic mass is 10.2. The van der Waals surface area contributed by atoms with Gasteiger partial charge in [0.05, 0.1) is 6.54 Å². The topological polar surface area (TPSA) is 3.24 Å². The maximum Gasteiger partial charge on any atom is 0.0601 e. The highest BCUT2D eigenvalue weighted by molar-refractivity contribution is 7.99. The van der Waals surface area contributed by atoms with Crippen LogP contribution in [0, 0.1) is 12.3 Å². The molecule has 1 heterocycles. The minimum atomic E-state index is 0.682. The van der Waals surface area contributed by atoms with E-state index in [1.54, 1.807) is 0 Å². The molecule has 1 saturated heterocycles. The Morgan fingerprint density at radius 1 is 1.64 bits per heavy atom. The number of terminal acetylenes is 1. The van der Waals surface area contributed by atoms with E-state index in [1.165, 1.54) is 17.9 Å². The standard InChI is InChI=1S/C9H15NS/c1-3-5-10-6-8-11-7-4-9(10)2/h1,9H,4-8H2,2H3. The van der Waals surface area contributed by atoms with Gasteiger partial charge in [0.15, 0.2) is 0 Å². The van der Waals surface area contributed by atoms with Gasteiger partial charge in [-0.1, -0.05) is 5.92 Å². The molecule has 2 heteroatoms. The van der Waals surface area contributed by atoms with E-state index in [0.717, 1.165) is 13.1 Å². The normalized spacial score (nSPS) is 27.5. The smallest absolute Gasteiger partial charge is 0.0601 e. The van der Waals surface area contributed by atoms with Gasteiger partial charge in [-0.3, -0.25) is 4.90 Å². The molecule has 1 unspecified atom stereocenters. The van der Waals surface area contributed by atoms with Crippen LogP contribution in [0.25, 0.3) is 0 Å². The Morgan fingerprint density at radius 3 is 3.18 bits per heavy atom. The summed E-state index contributed by atoms with van der Waals surface area (Å²) in [5.41, 5.74) is 0. The monoisotopic (exact) mass is 169 g/mol. The van der Waals surface area contributed by atoms with Crippen molar-refractivity contribution in [3.05, 3.63) is 0 Å². The Bertz CT molecular complexity index is 150. The van der Waals surface area contributed by atoms with Crippen molar-refractivity contribution in [3.63, 3.8) is 0 Å². The Balaban J connectivity index is 2.40. The van der Waals surface area contributed by atoms with Crippen LogP contribution >= 0.6 is 11.8 Å². The second-order valence-corrected chi connectivity index (χ2v) is 4.15. The van der Waals surface area contributed by atoms with Crippen LogP contribution in [0.5, 0.6) is 0 Å². The number of hydrogen-bond acceptors (Lipinski definition) is 2. The summed E-state index contributed by atoms with van der Waals surface area (Å²) >= 11 is 2.04. The molecule has 11 heavy (non-hydrogen) atoms. The minimum absolute atomic E-state index is 0.682. The van der Waals surface area contributed by atoms with Gasteiger partial charge in [-0.15, -0.1) is 6.42 Å². The van der Waals surface area contributed by atoms with Gasteiger partial charge in [-0.05, 0) is 19.1 Å². The zero-order valence-electron chi connectivity index (χ0n) is 7.05. The molecule has 0 aromatic rings. The summed E-state index contributed by atoms with van der Waals surface area (Å²) in [6.07, 6.45) is 6.56. The van der Waals surface area contributed by atoms with Gasteiger partial charge in [-0.2, -0.15) is 11.8 Å². The first-order valence-corrected chi connectivity index (χ1v) is 5.25. The summed E-state index contributed by atoms with van der Waals surface area (Å²) in [6, 6.07) is 0.682. The fraction of sp³-hybridized carbons (Fsp3) is 0.778. The lowest BCUT2D eigenvalue weighted by Crippen LogP contribution is -2.33. The summed E-state index contributed by atoms with van der Waals surface area (Å²) in [7, 11) is 0. The van der Waals surface area contributed by atoms with Gasteiger partial charge in [-0.25, -0.2) is 0 Å². The molecule has 1 aliphatic rings. The van der Waals surface area contributed by atoms with Gasteiger partial charge in [0, 0.05) is 18.3 Å². The van der Waals surface area contributed by atoms with Crippen molar-refractivity contribution >= 4 is 11.8 Å². The van der Waals surface area contributed by atoms with E-state index in [9.17, 15) is 0 Å². The fourth-order valence-corrected chi connectivity index (χ4v) is 2.37. The molecule has 0 aromatic carbocycles. The molecule has 0 aromatic heterocycles. The largest absolute Gasteiger partial charge is 0.289 e. The van der Waals surface area contributed by atoms with Crippen LogP contribution in [0.15, 0.2) is 0 Å². The lowest BCUT2D eigenvalue weighted by Gasteiger charge is -2.23. The Labute approximate surface area is 73.5 Å². The first-order valence-electron chi connectivity index (χ1n) is 4.10. The van der Waals surface area contributed by atoms with Crippen LogP contribution < -0.4 is 0 Å². The molecule has 1 fully saturated rings. The molecule has 0 amide bonds. The third-order valence-electron chi connectivity index (χ3n) is 2.12. The van der Waals surface area contributed by atoms with Gasteiger partial charge >= 0.3 is 0 Å². The van der Waals surface area contributed by atoms with Gasteiger partial charge < -0.3 is 0 Å². The van der Waals surface area contributed by atoms with Crippen LogP contribution in [0.3, 0.4) is 0 Å². The molecule has 0 N–H and O–H groups in total. The highest BCUT2D eigenvalue weighted by Crippen LogP contribution is 2.14. The molecule has 1 atom stereocenters. The number of rotatable bonds is 1. The molecular formula is C9H15NS. The van der Waals surface area contributed by atoms with Gasteiger partial charge in [0.2, 0.25) is 0 Å². The van der Waals surface area contributed by atoms with Crippen molar-refractivity contribution in [2.75, 3.05) is 24.6 Å². The molecule has 1 rings (SSSR count). The number of nitrogens with zero attached hydrogens (tertiary/aromatic N) is 1. The molecule has 0 aliphatic carbocycles. The second-order valence-electron chi connectivity index (χ2n) is 2.92. The second kappa shape index (κ2) is 4.69. The third kappa shape index (κ3) is 2.76. The zero-order chi connectivity index (χ0) is 8.10. The summed E-state index contributed by atoms with van der Waals surface area (Å²) in [5.74, 6) is 5.25. The molecule has 0 radical (unpaired) electrons. The Hall–Kier alpha value is -0.130. The molecule has 0 bridgehead atoms. The average Bonchev–Trinajstić information content (AvgIpc) is 2.18. The van der Waals surface area contributed by atoms with Crippen molar-refractivity contribution in [2.24, 2.45) is 0 Å². The number of hydrogen-bond donors (Lipinski definition) is 0. The maximum atomic E-state index is 5.27. The van der Waals surface area contributed by atoms with Gasteiger partial charge in [0.1, 0.15) is 0 Å². The summed E-state index contributed by atoms with van der Waals surface area (Å²) in [6.45, 7) is 4.25. The van der Waals surface area contributed by atoms with Crippen molar-refractivity contribution < 1.29 is 0 Å². The lowest BCUT2D eigenvalue weighted by molar-refractivity contribution is 0.249. The van der Waals surface area contributed by atoms with Crippen molar-refractivity contribution in [1.29, 1.82) is 0 Å². The Kier molecular flexibility index (Phi) is 3.82. The SMILES string of the molecule is C#CCN1CCSCCC1C. The van der Waals surface area contributed by atoms with Crippen LogP contribution in [0.2, 0.25) is 0 Å². The maximum absolute atomic E-state index is 5.27. The van der Waals surface area contributed by atoms with E-state index in [4.69, 9.17) is 6.42 Å². The van der Waals surface area contributed by atoms with E-state index in [2.05, 4.69) is 17.7 Å². The van der Waals surface area contributed by atoms with Crippen LogP contribution in [0.1, 0.15) is 13.3 Å². The summed E-state index contributed by atoms with van der Waals surface area (Å²) < 4.78 is 0. The summed E-state index contributed by atoms with van der Waals surface area (Å²) in [5, 5.41) is 0. The molecule has 0 saturated carbocycles. The highest BCUT2D eigenvalue weighted by atomic mass is 32.2. The van der Waals surface area contributed by atoms with Crippen molar-refractivity contribution in [3.8, 4) is 12.3 Å². The average molecular weight is 169 g/mol. The van der Waals surface area contributed by atoms with Crippen molar-refractivity contribution in [1.82, 2.24) is 4.90 Å². The first-order chi connectivity index (χ1) is 5.34. The number of thioether (sulfide) groups is 1. The zero-order valence-corrected chi connectivity index (χ0v) is 7.86. The summed E-state index contributed by atoms with van der Waals surface area (Å²) in [4.78, 5) is 2.39. The van der Waals surface area contributed by atoms with Crippen molar-refractivity contribution in [2.45, 2.75) is 19.4 Å². The van der Waals surface area contributed by atoms with E-state index < -0.39 is 0 Å². The predicted octanol–water partition coefficient (Wildman–Crippen LogP) is 1.45. The molecule has 1 nitrogen and oxygen atoms in total. The van der Waals surface area contributed by atoms with Gasteiger partial charge in [0.25, 0.3) is 0 Å². The molecular weight excluding hydrogens is 154 g/mol. The minimum Gasteiger partial charge on any atom is -0.289 e. The van der Waals surface area contributed by atoms with E-state index in [-0.39, 0.29) is 0 Å². The van der Waals surface area contributed by atoms with E-state index in [1.807, 2.05) is 11.8 Å². The quantitative estimate of drug-likeness (QED) is 0.547. The molecule has 1 aliphatic heterocycles. The van der Waals surface area contributed by atoms with Crippen LogP contribution in [-0.4, -0.2) is 35.5 Å². The Morgan fingerprint density at radius 2 is 2.45 bits per heavy atom. The first kappa shape index (κ1) is 8.96. The third-order valence-corrected chi connectivity index (χ3v) is 3.12. The van der Waals surface area contributed by atoms with Crippen LogP contribution in [0.4, 0.5) is 0 Å². The predicted molar refractivity (Wildman–Crippen MR) is 51.8 cm³/mol. The van der Waals surface area contributed by atoms with E-state index >= 15 is 0 Å². The van der Waals surface area contributed by atoms with Crippen LogP contribution in [-0.2, 0) is 0 Å². The molecule has 0 spiro atoms. The molecule has 62 valence electrons. The fourth-order valence-electron chi connectivity index (χ4n) is 1.29. The highest BCUT2D eigenvalue weighted by Gasteiger charge is 2.14. The van der Waals surface area contributed by atoms with E-state index in [0.29, 0.717) is 6.04 Å².